The fraction of sp³-hybridized carbons (Fsp3) is 0.500. The fourth-order valence-electron chi connectivity index (χ4n) is 2.14. The summed E-state index contributed by atoms with van der Waals surface area (Å²) in [5, 5.41) is 3.30. The molecule has 82 valence electrons. The van der Waals surface area contributed by atoms with Gasteiger partial charge in [-0.2, -0.15) is 0 Å². The number of hydrogen-bond acceptors (Lipinski definition) is 1. The molecule has 1 fully saturated rings. The SMILES string of the molecule is FC(F)c1ccccc1C1CCCCN1. The monoisotopic (exact) mass is 211 g/mol. The summed E-state index contributed by atoms with van der Waals surface area (Å²) >= 11 is 0. The number of piperidine rings is 1. The van der Waals surface area contributed by atoms with Gasteiger partial charge in [-0.15, -0.1) is 0 Å². The van der Waals surface area contributed by atoms with Crippen molar-refractivity contribution in [3.63, 3.8) is 0 Å². The molecule has 1 saturated heterocycles. The molecular weight excluding hydrogens is 196 g/mol. The highest BCUT2D eigenvalue weighted by molar-refractivity contribution is 5.31. The van der Waals surface area contributed by atoms with E-state index in [0.29, 0.717) is 0 Å². The van der Waals surface area contributed by atoms with Gasteiger partial charge in [0.25, 0.3) is 6.43 Å². The van der Waals surface area contributed by atoms with Crippen LogP contribution in [0.2, 0.25) is 0 Å². The average molecular weight is 211 g/mol. The van der Waals surface area contributed by atoms with Crippen molar-refractivity contribution < 1.29 is 8.78 Å². The zero-order valence-electron chi connectivity index (χ0n) is 8.55. The standard InChI is InChI=1S/C12H15F2N/c13-12(14)10-6-2-1-5-9(10)11-7-3-4-8-15-11/h1-2,5-6,11-12,15H,3-4,7-8H2. The summed E-state index contributed by atoms with van der Waals surface area (Å²) in [6, 6.07) is 6.95. The summed E-state index contributed by atoms with van der Waals surface area (Å²) in [6.07, 6.45) is 0.858. The van der Waals surface area contributed by atoms with Crippen LogP contribution in [0.5, 0.6) is 0 Å². The van der Waals surface area contributed by atoms with Crippen molar-refractivity contribution in [2.75, 3.05) is 6.54 Å². The van der Waals surface area contributed by atoms with Crippen molar-refractivity contribution in [2.24, 2.45) is 0 Å². The van der Waals surface area contributed by atoms with Gasteiger partial charge in [0.1, 0.15) is 0 Å². The summed E-state index contributed by atoms with van der Waals surface area (Å²) in [5.41, 5.74) is 0.948. The molecule has 1 unspecified atom stereocenters. The lowest BCUT2D eigenvalue weighted by molar-refractivity contribution is 0.149. The lowest BCUT2D eigenvalue weighted by Gasteiger charge is -2.25. The van der Waals surface area contributed by atoms with E-state index in [1.54, 1.807) is 6.07 Å². The van der Waals surface area contributed by atoms with E-state index in [9.17, 15) is 8.78 Å². The molecule has 1 aromatic rings. The smallest absolute Gasteiger partial charge is 0.264 e. The van der Waals surface area contributed by atoms with Crippen molar-refractivity contribution in [2.45, 2.75) is 31.7 Å². The number of alkyl halides is 2. The van der Waals surface area contributed by atoms with Gasteiger partial charge in [0.15, 0.2) is 0 Å². The molecule has 1 N–H and O–H groups in total. The molecule has 1 aliphatic rings. The summed E-state index contributed by atoms with van der Waals surface area (Å²) in [5.74, 6) is 0. The highest BCUT2D eigenvalue weighted by Crippen LogP contribution is 2.31. The number of nitrogens with one attached hydrogen (secondary N) is 1. The number of hydrogen-bond donors (Lipinski definition) is 1. The zero-order valence-corrected chi connectivity index (χ0v) is 8.55. The Morgan fingerprint density at radius 1 is 1.20 bits per heavy atom. The molecule has 15 heavy (non-hydrogen) atoms. The molecule has 0 bridgehead atoms. The molecule has 2 rings (SSSR count). The number of benzene rings is 1. The van der Waals surface area contributed by atoms with Gasteiger partial charge in [-0.3, -0.25) is 0 Å². The van der Waals surface area contributed by atoms with E-state index >= 15 is 0 Å². The summed E-state index contributed by atoms with van der Waals surface area (Å²) in [6.45, 7) is 0.933. The molecule has 1 aromatic carbocycles. The molecular formula is C12H15F2N. The van der Waals surface area contributed by atoms with Gasteiger partial charge in [0, 0.05) is 11.6 Å². The van der Waals surface area contributed by atoms with Crippen molar-refractivity contribution >= 4 is 0 Å². The topological polar surface area (TPSA) is 12.0 Å². The van der Waals surface area contributed by atoms with Crippen LogP contribution in [0.4, 0.5) is 8.78 Å². The van der Waals surface area contributed by atoms with E-state index in [-0.39, 0.29) is 11.6 Å². The van der Waals surface area contributed by atoms with Crippen LogP contribution in [0, 0.1) is 0 Å². The molecule has 1 aliphatic heterocycles. The highest BCUT2D eigenvalue weighted by atomic mass is 19.3. The minimum atomic E-state index is -2.37. The van der Waals surface area contributed by atoms with Crippen molar-refractivity contribution in [1.82, 2.24) is 5.32 Å². The zero-order chi connectivity index (χ0) is 10.7. The van der Waals surface area contributed by atoms with Crippen molar-refractivity contribution in [3.05, 3.63) is 35.4 Å². The fourth-order valence-corrected chi connectivity index (χ4v) is 2.14. The Morgan fingerprint density at radius 2 is 2.00 bits per heavy atom. The van der Waals surface area contributed by atoms with Gasteiger partial charge >= 0.3 is 0 Å². The van der Waals surface area contributed by atoms with Crippen LogP contribution in [0.15, 0.2) is 24.3 Å². The van der Waals surface area contributed by atoms with E-state index in [1.807, 2.05) is 12.1 Å². The van der Waals surface area contributed by atoms with E-state index in [1.165, 1.54) is 6.07 Å². The molecule has 0 radical (unpaired) electrons. The molecule has 1 nitrogen and oxygen atoms in total. The third kappa shape index (κ3) is 2.34. The van der Waals surface area contributed by atoms with Gasteiger partial charge in [0.2, 0.25) is 0 Å². The van der Waals surface area contributed by atoms with Crippen LogP contribution in [-0.2, 0) is 0 Å². The second-order valence-corrected chi connectivity index (χ2v) is 3.93. The lowest BCUT2D eigenvalue weighted by Crippen LogP contribution is -2.27. The molecule has 0 aliphatic carbocycles. The largest absolute Gasteiger partial charge is 0.310 e. The Labute approximate surface area is 88.5 Å². The van der Waals surface area contributed by atoms with E-state index < -0.39 is 6.43 Å². The second-order valence-electron chi connectivity index (χ2n) is 3.93. The highest BCUT2D eigenvalue weighted by Gasteiger charge is 2.20. The van der Waals surface area contributed by atoms with Crippen LogP contribution >= 0.6 is 0 Å². The van der Waals surface area contributed by atoms with Gasteiger partial charge in [0.05, 0.1) is 0 Å². The molecule has 1 heterocycles. The maximum atomic E-state index is 12.8. The van der Waals surface area contributed by atoms with Gasteiger partial charge in [-0.05, 0) is 24.9 Å². The summed E-state index contributed by atoms with van der Waals surface area (Å²) < 4.78 is 25.5. The Hall–Kier alpha value is -0.960. The molecule has 0 amide bonds. The quantitative estimate of drug-likeness (QED) is 0.790. The lowest BCUT2D eigenvalue weighted by atomic mass is 9.94. The van der Waals surface area contributed by atoms with Crippen LogP contribution in [0.25, 0.3) is 0 Å². The van der Waals surface area contributed by atoms with Crippen LogP contribution < -0.4 is 5.32 Å². The molecule has 1 atom stereocenters. The van der Waals surface area contributed by atoms with Crippen molar-refractivity contribution in [3.8, 4) is 0 Å². The first-order valence-electron chi connectivity index (χ1n) is 5.39. The second kappa shape index (κ2) is 4.71. The molecule has 0 spiro atoms. The molecule has 0 saturated carbocycles. The first-order valence-corrected chi connectivity index (χ1v) is 5.39. The number of rotatable bonds is 2. The minimum Gasteiger partial charge on any atom is -0.310 e. The van der Waals surface area contributed by atoms with Gasteiger partial charge in [-0.1, -0.05) is 30.7 Å². The first-order chi connectivity index (χ1) is 7.29. The van der Waals surface area contributed by atoms with E-state index in [2.05, 4.69) is 5.32 Å². The Morgan fingerprint density at radius 3 is 2.67 bits per heavy atom. The number of halogens is 2. The maximum Gasteiger partial charge on any atom is 0.264 e. The Balaban J connectivity index is 2.25. The van der Waals surface area contributed by atoms with Crippen LogP contribution in [0.3, 0.4) is 0 Å². The molecule has 0 aromatic heterocycles. The molecule has 3 heteroatoms. The first kappa shape index (κ1) is 10.6. The third-order valence-corrected chi connectivity index (χ3v) is 2.92. The minimum absolute atomic E-state index is 0.115. The van der Waals surface area contributed by atoms with Crippen LogP contribution in [0.1, 0.15) is 42.9 Å². The summed E-state index contributed by atoms with van der Waals surface area (Å²) in [4.78, 5) is 0. The van der Waals surface area contributed by atoms with Crippen molar-refractivity contribution in [1.29, 1.82) is 0 Å². The average Bonchev–Trinajstić information content (AvgIpc) is 2.30. The van der Waals surface area contributed by atoms with E-state index in [0.717, 1.165) is 31.4 Å². The van der Waals surface area contributed by atoms with Crippen LogP contribution in [-0.4, -0.2) is 6.54 Å². The predicted octanol–water partition coefficient (Wildman–Crippen LogP) is 3.44. The normalized spacial score (nSPS) is 21.9. The van der Waals surface area contributed by atoms with Gasteiger partial charge < -0.3 is 5.32 Å². The summed E-state index contributed by atoms with van der Waals surface area (Å²) in [7, 11) is 0. The predicted molar refractivity (Wildman–Crippen MR) is 56.0 cm³/mol. The maximum absolute atomic E-state index is 12.8. The third-order valence-electron chi connectivity index (χ3n) is 2.92. The Bertz CT molecular complexity index is 319. The van der Waals surface area contributed by atoms with E-state index in [4.69, 9.17) is 0 Å². The van der Waals surface area contributed by atoms with Gasteiger partial charge in [-0.25, -0.2) is 8.78 Å². The Kier molecular flexibility index (Phi) is 3.31.